The van der Waals surface area contributed by atoms with Gasteiger partial charge >= 0.3 is 5.97 Å². The summed E-state index contributed by atoms with van der Waals surface area (Å²) in [4.78, 5) is 13.0. The number of benzene rings is 1. The number of rotatable bonds is 4. The van der Waals surface area contributed by atoms with Gasteiger partial charge in [0.05, 0.1) is 7.11 Å². The van der Waals surface area contributed by atoms with Crippen molar-refractivity contribution in [3.63, 3.8) is 0 Å². The summed E-state index contributed by atoms with van der Waals surface area (Å²) >= 11 is 0. The van der Waals surface area contributed by atoms with Crippen molar-refractivity contribution in [2.45, 2.75) is 18.5 Å². The highest BCUT2D eigenvalue weighted by Crippen LogP contribution is 2.28. The quantitative estimate of drug-likeness (QED) is 0.729. The molecule has 1 fully saturated rings. The van der Waals surface area contributed by atoms with Crippen molar-refractivity contribution in [3.8, 4) is 11.5 Å². The third-order valence-corrected chi connectivity index (χ3v) is 3.46. The number of phenolic OH excluding ortho intramolecular Hbond substituents is 1. The Kier molecular flexibility index (Phi) is 3.64. The van der Waals surface area contributed by atoms with Crippen LogP contribution in [0.1, 0.15) is 12.0 Å². The number of aliphatic carboxylic acids is 1. The number of carboxylic acids is 1. The van der Waals surface area contributed by atoms with Gasteiger partial charge in [0.25, 0.3) is 0 Å². The van der Waals surface area contributed by atoms with Crippen molar-refractivity contribution in [1.82, 2.24) is 4.90 Å². The number of methoxy groups -OCH3 is 1. The first-order chi connectivity index (χ1) is 8.94. The van der Waals surface area contributed by atoms with Crippen molar-refractivity contribution in [2.24, 2.45) is 5.73 Å². The molecule has 1 saturated heterocycles. The lowest BCUT2D eigenvalue weighted by Crippen LogP contribution is -2.50. The Morgan fingerprint density at radius 1 is 1.58 bits per heavy atom. The number of nitrogens with zero attached hydrogens (tertiary/aromatic N) is 1. The summed E-state index contributed by atoms with van der Waals surface area (Å²) in [5.41, 5.74) is 5.55. The van der Waals surface area contributed by atoms with E-state index in [1.807, 2.05) is 11.0 Å². The molecule has 0 aliphatic carbocycles. The average Bonchev–Trinajstić information content (AvgIpc) is 2.73. The van der Waals surface area contributed by atoms with Crippen LogP contribution < -0.4 is 10.5 Å². The first kappa shape index (κ1) is 13.6. The van der Waals surface area contributed by atoms with Gasteiger partial charge in [-0.3, -0.25) is 9.69 Å². The normalized spacial score (nSPS) is 23.5. The number of hydrogen-bond donors (Lipinski definition) is 3. The van der Waals surface area contributed by atoms with Crippen molar-refractivity contribution >= 4 is 5.97 Å². The van der Waals surface area contributed by atoms with Crippen LogP contribution in [-0.2, 0) is 11.3 Å². The monoisotopic (exact) mass is 266 g/mol. The van der Waals surface area contributed by atoms with Gasteiger partial charge in [0, 0.05) is 19.6 Å². The number of carboxylic acid groups (broad SMARTS) is 1. The van der Waals surface area contributed by atoms with E-state index in [0.29, 0.717) is 31.8 Å². The molecule has 1 aromatic carbocycles. The summed E-state index contributed by atoms with van der Waals surface area (Å²) < 4.78 is 4.97. The fraction of sp³-hybridized carbons (Fsp3) is 0.462. The Hall–Kier alpha value is -1.79. The standard InChI is InChI=1S/C13H18N2O4/c1-19-11-3-2-9(6-10(11)16)7-15-5-4-13(14,8-15)12(17)18/h2-3,6,16H,4-5,7-8,14H2,1H3,(H,17,18). The fourth-order valence-electron chi connectivity index (χ4n) is 2.32. The molecule has 1 atom stereocenters. The molecular formula is C13H18N2O4. The first-order valence-corrected chi connectivity index (χ1v) is 6.05. The minimum absolute atomic E-state index is 0.0800. The van der Waals surface area contributed by atoms with Crippen molar-refractivity contribution in [1.29, 1.82) is 0 Å². The smallest absolute Gasteiger partial charge is 0.325 e. The highest BCUT2D eigenvalue weighted by Gasteiger charge is 2.41. The van der Waals surface area contributed by atoms with Gasteiger partial charge < -0.3 is 20.7 Å². The van der Waals surface area contributed by atoms with Gasteiger partial charge in [-0.05, 0) is 24.1 Å². The van der Waals surface area contributed by atoms with Gasteiger partial charge in [0.1, 0.15) is 5.54 Å². The zero-order valence-electron chi connectivity index (χ0n) is 10.8. The number of likely N-dealkylation sites (tertiary alicyclic amines) is 1. The number of carbonyl (C=O) groups is 1. The Balaban J connectivity index is 2.03. The zero-order valence-corrected chi connectivity index (χ0v) is 10.8. The molecule has 104 valence electrons. The van der Waals surface area contributed by atoms with Crippen LogP contribution in [0.4, 0.5) is 0 Å². The predicted octanol–water partition coefficient (Wildman–Crippen LogP) is 0.389. The minimum Gasteiger partial charge on any atom is -0.504 e. The predicted molar refractivity (Wildman–Crippen MR) is 69.1 cm³/mol. The Morgan fingerprint density at radius 2 is 2.32 bits per heavy atom. The lowest BCUT2D eigenvalue weighted by atomic mass is 10.0. The van der Waals surface area contributed by atoms with Crippen LogP contribution in [0, 0.1) is 0 Å². The van der Waals surface area contributed by atoms with Gasteiger partial charge in [-0.1, -0.05) is 6.07 Å². The molecule has 2 rings (SSSR count). The SMILES string of the molecule is COc1ccc(CN2CCC(N)(C(=O)O)C2)cc1O. The molecule has 1 heterocycles. The summed E-state index contributed by atoms with van der Waals surface area (Å²) in [5, 5.41) is 18.8. The summed E-state index contributed by atoms with van der Waals surface area (Å²) in [6.45, 7) is 1.51. The molecule has 19 heavy (non-hydrogen) atoms. The molecule has 0 amide bonds. The van der Waals surface area contributed by atoms with Gasteiger partial charge in [0.2, 0.25) is 0 Å². The third-order valence-electron chi connectivity index (χ3n) is 3.46. The van der Waals surface area contributed by atoms with Crippen LogP contribution in [0.2, 0.25) is 0 Å². The van der Waals surface area contributed by atoms with E-state index in [1.54, 1.807) is 12.1 Å². The molecular weight excluding hydrogens is 248 g/mol. The molecule has 0 radical (unpaired) electrons. The molecule has 0 saturated carbocycles. The number of ether oxygens (including phenoxy) is 1. The van der Waals surface area contributed by atoms with Crippen molar-refractivity contribution in [3.05, 3.63) is 23.8 Å². The molecule has 6 heteroatoms. The van der Waals surface area contributed by atoms with E-state index < -0.39 is 11.5 Å². The van der Waals surface area contributed by atoms with Crippen LogP contribution in [0.25, 0.3) is 0 Å². The van der Waals surface area contributed by atoms with E-state index >= 15 is 0 Å². The van der Waals surface area contributed by atoms with Crippen LogP contribution in [0.5, 0.6) is 11.5 Å². The zero-order chi connectivity index (χ0) is 14.0. The van der Waals surface area contributed by atoms with Gasteiger partial charge in [-0.2, -0.15) is 0 Å². The second kappa shape index (κ2) is 5.07. The summed E-state index contributed by atoms with van der Waals surface area (Å²) in [6.07, 6.45) is 0.435. The maximum Gasteiger partial charge on any atom is 0.325 e. The van der Waals surface area contributed by atoms with Crippen LogP contribution in [0.3, 0.4) is 0 Å². The second-order valence-electron chi connectivity index (χ2n) is 4.93. The molecule has 6 nitrogen and oxygen atoms in total. The molecule has 1 aliphatic rings. The summed E-state index contributed by atoms with van der Waals surface area (Å²) in [6, 6.07) is 5.15. The molecule has 1 aliphatic heterocycles. The van der Waals surface area contributed by atoms with E-state index in [9.17, 15) is 9.90 Å². The van der Waals surface area contributed by atoms with E-state index in [4.69, 9.17) is 15.6 Å². The molecule has 4 N–H and O–H groups in total. The summed E-state index contributed by atoms with van der Waals surface area (Å²) in [7, 11) is 1.49. The number of phenols is 1. The molecule has 0 spiro atoms. The lowest BCUT2D eigenvalue weighted by molar-refractivity contribution is -0.142. The largest absolute Gasteiger partial charge is 0.504 e. The van der Waals surface area contributed by atoms with E-state index in [2.05, 4.69) is 0 Å². The Bertz CT molecular complexity index is 492. The first-order valence-electron chi connectivity index (χ1n) is 6.05. The van der Waals surface area contributed by atoms with Crippen LogP contribution in [-0.4, -0.2) is 46.8 Å². The van der Waals surface area contributed by atoms with E-state index in [-0.39, 0.29) is 5.75 Å². The van der Waals surface area contributed by atoms with Crippen LogP contribution in [0.15, 0.2) is 18.2 Å². The molecule has 0 bridgehead atoms. The summed E-state index contributed by atoms with van der Waals surface area (Å²) in [5.74, 6) is -0.465. The second-order valence-corrected chi connectivity index (χ2v) is 4.93. The highest BCUT2D eigenvalue weighted by molar-refractivity contribution is 5.79. The van der Waals surface area contributed by atoms with Crippen molar-refractivity contribution in [2.75, 3.05) is 20.2 Å². The minimum atomic E-state index is -1.16. The number of hydrogen-bond acceptors (Lipinski definition) is 5. The van der Waals surface area contributed by atoms with Gasteiger partial charge in [0.15, 0.2) is 11.5 Å². The lowest BCUT2D eigenvalue weighted by Gasteiger charge is -2.20. The van der Waals surface area contributed by atoms with Crippen LogP contribution >= 0.6 is 0 Å². The number of nitrogens with two attached hydrogens (primary N) is 1. The maximum atomic E-state index is 11.1. The van der Waals surface area contributed by atoms with Gasteiger partial charge in [-0.15, -0.1) is 0 Å². The highest BCUT2D eigenvalue weighted by atomic mass is 16.5. The number of aromatic hydroxyl groups is 1. The molecule has 1 unspecified atom stereocenters. The topological polar surface area (TPSA) is 96.0 Å². The van der Waals surface area contributed by atoms with E-state index in [1.165, 1.54) is 7.11 Å². The van der Waals surface area contributed by atoms with E-state index in [0.717, 1.165) is 5.56 Å². The Morgan fingerprint density at radius 3 is 2.84 bits per heavy atom. The maximum absolute atomic E-state index is 11.1. The fourth-order valence-corrected chi connectivity index (χ4v) is 2.32. The average molecular weight is 266 g/mol. The third kappa shape index (κ3) is 2.80. The van der Waals surface area contributed by atoms with Gasteiger partial charge in [-0.25, -0.2) is 0 Å². The molecule has 1 aromatic rings. The Labute approximate surface area is 111 Å². The van der Waals surface area contributed by atoms with Crippen molar-refractivity contribution < 1.29 is 19.7 Å². The molecule has 0 aromatic heterocycles.